The minimum absolute atomic E-state index is 0.224. The van der Waals surface area contributed by atoms with E-state index in [0.29, 0.717) is 23.0 Å². The Balaban J connectivity index is 2.00. The molecular weight excluding hydrogens is 316 g/mol. The fourth-order valence-electron chi connectivity index (χ4n) is 2.61. The van der Waals surface area contributed by atoms with Crippen LogP contribution in [0, 0.1) is 13.8 Å². The second-order valence-electron chi connectivity index (χ2n) is 5.91. The van der Waals surface area contributed by atoms with E-state index in [4.69, 9.17) is 9.47 Å². The van der Waals surface area contributed by atoms with E-state index in [1.165, 1.54) is 0 Å². The molecule has 0 saturated carbocycles. The number of hydrogen-bond acceptors (Lipinski definition) is 4. The molecule has 0 atom stereocenters. The molecule has 1 N–H and O–H groups in total. The van der Waals surface area contributed by atoms with Crippen LogP contribution in [-0.4, -0.2) is 26.0 Å². The Hall–Kier alpha value is -3.08. The van der Waals surface area contributed by atoms with Crippen LogP contribution in [-0.2, 0) is 4.79 Å². The molecule has 1 heterocycles. The monoisotopic (exact) mass is 336 g/mol. The maximum absolute atomic E-state index is 12.3. The van der Waals surface area contributed by atoms with Crippen molar-refractivity contribution < 1.29 is 14.3 Å². The third-order valence-corrected chi connectivity index (χ3v) is 4.05. The fourth-order valence-corrected chi connectivity index (χ4v) is 2.61. The molecule has 0 spiro atoms. The zero-order valence-corrected chi connectivity index (χ0v) is 14.7. The normalized spacial score (nSPS) is 15.1. The molecule has 5 nitrogen and oxygen atoms in total. The topological polar surface area (TPSA) is 59.9 Å². The van der Waals surface area contributed by atoms with Gasteiger partial charge in [0.05, 0.1) is 14.2 Å². The summed E-state index contributed by atoms with van der Waals surface area (Å²) >= 11 is 0. The van der Waals surface area contributed by atoms with Gasteiger partial charge in [0.2, 0.25) is 0 Å². The van der Waals surface area contributed by atoms with Gasteiger partial charge in [-0.05, 0) is 43.2 Å². The highest BCUT2D eigenvalue weighted by Crippen LogP contribution is 2.25. The van der Waals surface area contributed by atoms with Gasteiger partial charge in [-0.3, -0.25) is 4.79 Å². The van der Waals surface area contributed by atoms with Crippen molar-refractivity contribution in [3.63, 3.8) is 0 Å². The molecule has 2 aromatic carbocycles. The number of ether oxygens (including phenoxy) is 2. The smallest absolute Gasteiger partial charge is 0.275 e. The lowest BCUT2D eigenvalue weighted by Gasteiger charge is -2.08. The Morgan fingerprint density at radius 1 is 1.00 bits per heavy atom. The Morgan fingerprint density at radius 2 is 1.68 bits per heavy atom. The number of amidine groups is 1. The number of aliphatic imine (C=N–C) groups is 1. The zero-order chi connectivity index (χ0) is 18.0. The summed E-state index contributed by atoms with van der Waals surface area (Å²) in [5.41, 5.74) is 4.33. The van der Waals surface area contributed by atoms with Gasteiger partial charge in [-0.1, -0.05) is 23.8 Å². The van der Waals surface area contributed by atoms with Crippen molar-refractivity contribution in [1.29, 1.82) is 0 Å². The lowest BCUT2D eigenvalue weighted by atomic mass is 10.0. The molecule has 2 aromatic rings. The first-order valence-electron chi connectivity index (χ1n) is 7.92. The Labute approximate surface area is 147 Å². The number of amides is 1. The molecule has 0 aliphatic carbocycles. The van der Waals surface area contributed by atoms with Gasteiger partial charge in [-0.15, -0.1) is 0 Å². The van der Waals surface area contributed by atoms with Crippen LogP contribution in [0.1, 0.15) is 22.3 Å². The van der Waals surface area contributed by atoms with Crippen molar-refractivity contribution in [2.75, 3.05) is 14.2 Å². The summed E-state index contributed by atoms with van der Waals surface area (Å²) in [6.45, 7) is 4.03. The van der Waals surface area contributed by atoms with Crippen LogP contribution in [0.3, 0.4) is 0 Å². The largest absolute Gasteiger partial charge is 0.497 e. The summed E-state index contributed by atoms with van der Waals surface area (Å²) in [4.78, 5) is 16.8. The predicted octanol–water partition coefficient (Wildman–Crippen LogP) is 3.24. The molecule has 0 radical (unpaired) electrons. The van der Waals surface area contributed by atoms with Gasteiger partial charge in [0, 0.05) is 11.6 Å². The summed E-state index contributed by atoms with van der Waals surface area (Å²) in [6.07, 6.45) is 1.81. The Kier molecular flexibility index (Phi) is 4.57. The van der Waals surface area contributed by atoms with E-state index < -0.39 is 0 Å². The zero-order valence-electron chi connectivity index (χ0n) is 14.7. The van der Waals surface area contributed by atoms with Crippen molar-refractivity contribution in [1.82, 2.24) is 5.32 Å². The second-order valence-corrected chi connectivity index (χ2v) is 5.91. The molecule has 1 aliphatic heterocycles. The number of hydrogen-bond donors (Lipinski definition) is 1. The summed E-state index contributed by atoms with van der Waals surface area (Å²) < 4.78 is 10.5. The molecule has 0 fully saturated rings. The van der Waals surface area contributed by atoms with Crippen molar-refractivity contribution in [3.05, 3.63) is 64.3 Å². The third-order valence-electron chi connectivity index (χ3n) is 4.05. The third kappa shape index (κ3) is 3.55. The highest BCUT2D eigenvalue weighted by Gasteiger charge is 2.22. The van der Waals surface area contributed by atoms with Crippen LogP contribution in [0.5, 0.6) is 11.5 Å². The summed E-state index contributed by atoms with van der Waals surface area (Å²) in [5.74, 6) is 1.54. The minimum atomic E-state index is -0.224. The van der Waals surface area contributed by atoms with E-state index in [1.807, 2.05) is 50.3 Å². The van der Waals surface area contributed by atoms with E-state index >= 15 is 0 Å². The Bertz CT molecular complexity index is 876. The minimum Gasteiger partial charge on any atom is -0.497 e. The molecule has 1 aliphatic rings. The first kappa shape index (κ1) is 16.8. The summed E-state index contributed by atoms with van der Waals surface area (Å²) in [5, 5.41) is 2.81. The maximum Gasteiger partial charge on any atom is 0.275 e. The molecule has 1 amide bonds. The quantitative estimate of drug-likeness (QED) is 0.872. The van der Waals surface area contributed by atoms with Crippen molar-refractivity contribution in [2.45, 2.75) is 13.8 Å². The molecule has 5 heteroatoms. The number of nitrogens with one attached hydrogen (secondary N) is 1. The van der Waals surface area contributed by atoms with E-state index in [0.717, 1.165) is 22.3 Å². The lowest BCUT2D eigenvalue weighted by molar-refractivity contribution is -0.115. The first-order chi connectivity index (χ1) is 12.0. The van der Waals surface area contributed by atoms with Gasteiger partial charge in [0.25, 0.3) is 5.91 Å². The lowest BCUT2D eigenvalue weighted by Crippen LogP contribution is -2.24. The van der Waals surface area contributed by atoms with Gasteiger partial charge in [0.1, 0.15) is 23.0 Å². The molecular formula is C20H20N2O3. The molecule has 0 saturated heterocycles. The van der Waals surface area contributed by atoms with Gasteiger partial charge in [0.15, 0.2) is 0 Å². The van der Waals surface area contributed by atoms with E-state index in [2.05, 4.69) is 10.3 Å². The number of benzene rings is 2. The van der Waals surface area contributed by atoms with Crippen LogP contribution >= 0.6 is 0 Å². The van der Waals surface area contributed by atoms with Crippen LogP contribution < -0.4 is 14.8 Å². The molecule has 3 rings (SSSR count). The van der Waals surface area contributed by atoms with Gasteiger partial charge in [-0.25, -0.2) is 4.99 Å². The van der Waals surface area contributed by atoms with Gasteiger partial charge < -0.3 is 14.8 Å². The average Bonchev–Trinajstić information content (AvgIpc) is 2.98. The maximum atomic E-state index is 12.3. The van der Waals surface area contributed by atoms with E-state index in [-0.39, 0.29) is 5.91 Å². The van der Waals surface area contributed by atoms with Crippen molar-refractivity contribution in [3.8, 4) is 11.5 Å². The fraction of sp³-hybridized carbons (Fsp3) is 0.200. The van der Waals surface area contributed by atoms with Gasteiger partial charge in [-0.2, -0.15) is 0 Å². The van der Waals surface area contributed by atoms with Crippen LogP contribution in [0.25, 0.3) is 6.08 Å². The Morgan fingerprint density at radius 3 is 2.32 bits per heavy atom. The van der Waals surface area contributed by atoms with Crippen molar-refractivity contribution in [2.24, 2.45) is 4.99 Å². The molecule has 128 valence electrons. The summed E-state index contributed by atoms with van der Waals surface area (Å²) in [6, 6.07) is 11.5. The SMILES string of the molecule is COc1cc(OC)cc(C2=N/C(=C/c3cc(C)ccc3C)C(=O)N2)c1. The second kappa shape index (κ2) is 6.81. The van der Waals surface area contributed by atoms with Crippen molar-refractivity contribution >= 4 is 17.8 Å². The summed E-state index contributed by atoms with van der Waals surface area (Å²) in [7, 11) is 3.17. The molecule has 0 aromatic heterocycles. The number of methoxy groups -OCH3 is 2. The average molecular weight is 336 g/mol. The number of carbonyl (C=O) groups excluding carboxylic acids is 1. The first-order valence-corrected chi connectivity index (χ1v) is 7.92. The van der Waals surface area contributed by atoms with Crippen LogP contribution in [0.2, 0.25) is 0 Å². The van der Waals surface area contributed by atoms with Gasteiger partial charge >= 0.3 is 0 Å². The molecule has 0 unspecified atom stereocenters. The van der Waals surface area contributed by atoms with Crippen LogP contribution in [0.15, 0.2) is 47.1 Å². The highest BCUT2D eigenvalue weighted by molar-refractivity contribution is 6.20. The number of nitrogens with zero attached hydrogens (tertiary/aromatic N) is 1. The number of carbonyl (C=O) groups is 1. The van der Waals surface area contributed by atoms with E-state index in [9.17, 15) is 4.79 Å². The van der Waals surface area contributed by atoms with Crippen LogP contribution in [0.4, 0.5) is 0 Å². The van der Waals surface area contributed by atoms with E-state index in [1.54, 1.807) is 20.3 Å². The standard InChI is InChI=1S/C20H20N2O3/c1-12-5-6-13(2)14(7-12)10-18-20(23)22-19(21-18)15-8-16(24-3)11-17(9-15)25-4/h5-11H,1-4H3,(H,21,22,23)/b18-10+. The number of aryl methyl sites for hydroxylation is 2. The highest BCUT2D eigenvalue weighted by atomic mass is 16.5. The molecule has 0 bridgehead atoms. The number of rotatable bonds is 4. The predicted molar refractivity (Wildman–Crippen MR) is 98.1 cm³/mol. The molecule has 25 heavy (non-hydrogen) atoms.